The van der Waals surface area contributed by atoms with Crippen LogP contribution in [-0.2, 0) is 14.4 Å². The van der Waals surface area contributed by atoms with Gasteiger partial charge in [-0.2, -0.15) is 0 Å². The average molecular weight is 284 g/mol. The number of nitrogens with one attached hydrogen (secondary N) is 3. The van der Waals surface area contributed by atoms with E-state index in [4.69, 9.17) is 0 Å². The molecule has 2 aliphatic heterocycles. The van der Waals surface area contributed by atoms with Gasteiger partial charge in [0.15, 0.2) is 11.8 Å². The van der Waals surface area contributed by atoms with E-state index in [-0.39, 0.29) is 6.15 Å². The van der Waals surface area contributed by atoms with Crippen LogP contribution in [0.15, 0.2) is 9.98 Å². The second kappa shape index (κ2) is 5.23. The molecule has 7 amide bonds. The molecule has 1 unspecified atom stereocenters. The molecule has 12 nitrogen and oxygen atoms in total. The molecule has 7 N–H and O–H groups in total. The van der Waals surface area contributed by atoms with Crippen LogP contribution in [0.5, 0.6) is 0 Å². The Kier molecular flexibility index (Phi) is 3.90. The van der Waals surface area contributed by atoms with Gasteiger partial charge in [0, 0.05) is 5.90 Å². The van der Waals surface area contributed by atoms with E-state index in [2.05, 4.69) is 9.98 Å². The summed E-state index contributed by atoms with van der Waals surface area (Å²) < 4.78 is 0. The van der Waals surface area contributed by atoms with Crippen LogP contribution in [0.1, 0.15) is 0 Å². The van der Waals surface area contributed by atoms with E-state index in [1.54, 1.807) is 16.0 Å². The Morgan fingerprint density at radius 1 is 1.00 bits per heavy atom. The van der Waals surface area contributed by atoms with Crippen molar-refractivity contribution in [2.75, 3.05) is 0 Å². The van der Waals surface area contributed by atoms with E-state index in [0.717, 1.165) is 0 Å². The van der Waals surface area contributed by atoms with E-state index < -0.39 is 47.4 Å². The molecule has 1 fully saturated rings. The fourth-order valence-electron chi connectivity index (χ4n) is 1.29. The van der Waals surface area contributed by atoms with Gasteiger partial charge in [-0.3, -0.25) is 35.3 Å². The van der Waals surface area contributed by atoms with Crippen molar-refractivity contribution in [3.05, 3.63) is 0 Å². The highest BCUT2D eigenvalue weighted by Crippen LogP contribution is 2.01. The highest BCUT2D eigenvalue weighted by Gasteiger charge is 2.33. The van der Waals surface area contributed by atoms with E-state index in [1.165, 1.54) is 0 Å². The van der Waals surface area contributed by atoms with Gasteiger partial charge in [0.25, 0.3) is 17.7 Å². The summed E-state index contributed by atoms with van der Waals surface area (Å²) in [5.74, 6) is -4.65. The number of urea groups is 2. The van der Waals surface area contributed by atoms with Gasteiger partial charge in [0.05, 0.1) is 0 Å². The first kappa shape index (κ1) is 14.9. The van der Waals surface area contributed by atoms with E-state index in [1.807, 2.05) is 0 Å². The van der Waals surface area contributed by atoms with Crippen LogP contribution in [0.4, 0.5) is 9.59 Å². The predicted octanol–water partition coefficient (Wildman–Crippen LogP) is -3.45. The zero-order valence-electron chi connectivity index (χ0n) is 9.92. The first-order chi connectivity index (χ1) is 8.88. The van der Waals surface area contributed by atoms with Crippen LogP contribution in [-0.4, -0.2) is 47.4 Å². The van der Waals surface area contributed by atoms with Crippen LogP contribution in [0.2, 0.25) is 0 Å². The summed E-state index contributed by atoms with van der Waals surface area (Å²) in [7, 11) is 0. The number of carbonyl (C=O) groups excluding carboxylic acids is 5. The van der Waals surface area contributed by atoms with Gasteiger partial charge in [-0.25, -0.2) is 14.6 Å². The first-order valence-corrected chi connectivity index (χ1v) is 4.73. The second-order valence-corrected chi connectivity index (χ2v) is 3.36. The smallest absolute Gasteiger partial charge is 0.346 e. The number of hydrogen-bond donors (Lipinski definition) is 4. The third-order valence-corrected chi connectivity index (χ3v) is 2.07. The summed E-state index contributed by atoms with van der Waals surface area (Å²) >= 11 is 0. The van der Waals surface area contributed by atoms with Crippen molar-refractivity contribution in [2.24, 2.45) is 9.98 Å². The maximum atomic E-state index is 11.3. The zero-order valence-corrected chi connectivity index (χ0v) is 9.92. The summed E-state index contributed by atoms with van der Waals surface area (Å²) in [6, 6.07) is -4.02. The molecule has 0 aromatic rings. The van der Waals surface area contributed by atoms with Crippen molar-refractivity contribution in [3.63, 3.8) is 0 Å². The minimum Gasteiger partial charge on any atom is -0.860 e. The molecular formula is C8H8N6O6. The molecule has 0 spiro atoms. The lowest BCUT2D eigenvalue weighted by Gasteiger charge is -2.23. The van der Waals surface area contributed by atoms with Crippen molar-refractivity contribution in [1.29, 1.82) is 0 Å². The topological polar surface area (TPSA) is 206 Å². The monoisotopic (exact) mass is 284 g/mol. The van der Waals surface area contributed by atoms with Crippen LogP contribution in [0.3, 0.4) is 0 Å². The molecule has 2 aliphatic rings. The van der Waals surface area contributed by atoms with Gasteiger partial charge in [-0.15, -0.1) is 0 Å². The van der Waals surface area contributed by atoms with E-state index >= 15 is 0 Å². The van der Waals surface area contributed by atoms with Crippen molar-refractivity contribution in [1.82, 2.24) is 22.1 Å². The standard InChI is InChI=1S/C8H5N5O6.H3N/c14-3-1(4(15)11-7(18)10-3)9-2-5(16)12-8(19)13-6(2)17;/h1H,(H2,10,11,14,15,18)(H2,12,13,16,17,19);1H3. The normalized spacial score (nSPS) is 22.2. The summed E-state index contributed by atoms with van der Waals surface area (Å²) in [5, 5.41) is 16.4. The second-order valence-electron chi connectivity index (χ2n) is 3.36. The van der Waals surface area contributed by atoms with Crippen LogP contribution in [0.25, 0.3) is 0 Å². The largest absolute Gasteiger partial charge is 0.860 e. The fourth-order valence-corrected chi connectivity index (χ4v) is 1.29. The van der Waals surface area contributed by atoms with Gasteiger partial charge in [-0.05, 0) is 0 Å². The molecule has 12 heteroatoms. The predicted molar refractivity (Wildman–Crippen MR) is 59.9 cm³/mol. The number of nitrogens with zero attached hydrogens (tertiary/aromatic N) is 2. The lowest BCUT2D eigenvalue weighted by atomic mass is 10.2. The highest BCUT2D eigenvalue weighted by atomic mass is 16.3. The molecule has 1 saturated heterocycles. The molecule has 0 radical (unpaired) electrons. The molecule has 2 rings (SSSR count). The molecule has 0 saturated carbocycles. The number of aliphatic imine (C=N–C) groups is 2. The molecule has 1 atom stereocenters. The third-order valence-electron chi connectivity index (χ3n) is 2.07. The number of barbiturate groups is 1. The number of carbonyl (C=O) groups is 5. The minimum atomic E-state index is -1.82. The SMILES string of the molecule is O=C1N=C([O-])C(N=C2C(=O)NC(=O)NC2=O)C(=O)N1.[NH4+]. The van der Waals surface area contributed by atoms with Crippen molar-refractivity contribution in [3.8, 4) is 0 Å². The summed E-state index contributed by atoms with van der Waals surface area (Å²) in [6.45, 7) is 0. The summed E-state index contributed by atoms with van der Waals surface area (Å²) in [5.41, 5.74) is -0.836. The lowest BCUT2D eigenvalue weighted by Crippen LogP contribution is -2.58. The first-order valence-electron chi connectivity index (χ1n) is 4.73. The number of hydrogen-bond acceptors (Lipinski definition) is 7. The quantitative estimate of drug-likeness (QED) is 0.384. The van der Waals surface area contributed by atoms with Gasteiger partial charge in [0.1, 0.15) is 0 Å². The molecule has 0 bridgehead atoms. The summed E-state index contributed by atoms with van der Waals surface area (Å²) in [6.07, 6.45) is 0. The fraction of sp³-hybridized carbons (Fsp3) is 0.125. The van der Waals surface area contributed by atoms with Crippen LogP contribution in [0, 0.1) is 0 Å². The Bertz CT molecular complexity index is 570. The molecule has 106 valence electrons. The maximum absolute atomic E-state index is 11.3. The lowest BCUT2D eigenvalue weighted by molar-refractivity contribution is -0.220. The van der Waals surface area contributed by atoms with Gasteiger partial charge < -0.3 is 11.3 Å². The Balaban J connectivity index is 0.00000200. The zero-order chi connectivity index (χ0) is 14.2. The molecule has 20 heavy (non-hydrogen) atoms. The third kappa shape index (κ3) is 2.64. The Labute approximate surface area is 109 Å². The number of quaternary nitrogens is 1. The number of imide groups is 3. The Morgan fingerprint density at radius 2 is 1.55 bits per heavy atom. The average Bonchev–Trinajstić information content (AvgIpc) is 2.25. The van der Waals surface area contributed by atoms with Gasteiger partial charge in [0.2, 0.25) is 0 Å². The van der Waals surface area contributed by atoms with E-state index in [0.29, 0.717) is 0 Å². The molecule has 0 aliphatic carbocycles. The maximum Gasteiger partial charge on any atom is 0.346 e. The van der Waals surface area contributed by atoms with Gasteiger partial charge in [-0.1, -0.05) is 0 Å². The molecule has 2 heterocycles. The summed E-state index contributed by atoms with van der Waals surface area (Å²) in [4.78, 5) is 61.6. The highest BCUT2D eigenvalue weighted by molar-refractivity contribution is 6.69. The molecular weight excluding hydrogens is 276 g/mol. The minimum absolute atomic E-state index is 0. The van der Waals surface area contributed by atoms with Gasteiger partial charge >= 0.3 is 12.1 Å². The molecule has 0 aromatic carbocycles. The number of rotatable bonds is 1. The Hall–Kier alpha value is -3.15. The van der Waals surface area contributed by atoms with E-state index in [9.17, 15) is 29.1 Å². The molecule has 0 aromatic heterocycles. The van der Waals surface area contributed by atoms with Crippen molar-refractivity contribution < 1.29 is 29.1 Å². The number of amides is 7. The van der Waals surface area contributed by atoms with Crippen LogP contribution < -0.4 is 27.2 Å². The van der Waals surface area contributed by atoms with Crippen molar-refractivity contribution in [2.45, 2.75) is 6.04 Å². The van der Waals surface area contributed by atoms with Crippen LogP contribution >= 0.6 is 0 Å². The Morgan fingerprint density at radius 3 is 2.05 bits per heavy atom. The van der Waals surface area contributed by atoms with Crippen molar-refractivity contribution >= 4 is 41.4 Å².